The maximum absolute atomic E-state index is 13.7. The Kier molecular flexibility index (Phi) is 7.69. The van der Waals surface area contributed by atoms with Gasteiger partial charge in [-0.2, -0.15) is 0 Å². The van der Waals surface area contributed by atoms with Gasteiger partial charge in [0.15, 0.2) is 0 Å². The maximum Gasteiger partial charge on any atom is 0.257 e. The summed E-state index contributed by atoms with van der Waals surface area (Å²) in [7, 11) is 0. The van der Waals surface area contributed by atoms with Gasteiger partial charge < -0.3 is 14.5 Å². The number of hydrogen-bond acceptors (Lipinski definition) is 3. The fourth-order valence-corrected chi connectivity index (χ4v) is 5.10. The van der Waals surface area contributed by atoms with Gasteiger partial charge in [-0.25, -0.2) is 0 Å². The molecule has 2 amide bonds. The smallest absolute Gasteiger partial charge is 0.257 e. The molecule has 1 fully saturated rings. The fraction of sp³-hybridized carbons (Fsp3) is 0.500. The molecule has 0 radical (unpaired) electrons. The summed E-state index contributed by atoms with van der Waals surface area (Å²) in [4.78, 5) is 30.9. The van der Waals surface area contributed by atoms with E-state index in [1.165, 1.54) is 0 Å². The van der Waals surface area contributed by atoms with E-state index in [-0.39, 0.29) is 24.0 Å². The lowest BCUT2D eigenvalue weighted by Gasteiger charge is -2.40. The SMILES string of the molecule is CCN1CCCCCN(C(=O)c2ccc(C)cc2)[C@@H]2CCCC[C@@H]2Oc2ccccc2C1=O. The quantitative estimate of drug-likeness (QED) is 0.612. The average molecular weight is 449 g/mol. The molecule has 1 aliphatic carbocycles. The van der Waals surface area contributed by atoms with Gasteiger partial charge in [-0.3, -0.25) is 9.59 Å². The highest BCUT2D eigenvalue weighted by Gasteiger charge is 2.35. The standard InChI is InChI=1S/C28H36N2O3/c1-3-29-19-9-4-10-20-30(27(31)22-17-15-21(2)16-18-22)24-12-6-8-14-26(24)33-25-13-7-5-11-23(25)28(29)32/h5,7,11,13,15-18,24,26H,3-4,6,8-10,12,14,19-20H2,1-2H3/t24-,26+/m1/s1. The zero-order valence-electron chi connectivity index (χ0n) is 20.0. The second-order valence-corrected chi connectivity index (χ2v) is 9.31. The van der Waals surface area contributed by atoms with Gasteiger partial charge in [-0.1, -0.05) is 36.2 Å². The molecule has 0 unspecified atom stereocenters. The zero-order chi connectivity index (χ0) is 23.2. The Bertz CT molecular complexity index is 956. The molecule has 176 valence electrons. The monoisotopic (exact) mass is 448 g/mol. The Morgan fingerprint density at radius 2 is 1.67 bits per heavy atom. The molecule has 0 N–H and O–H groups in total. The molecule has 1 heterocycles. The van der Waals surface area contributed by atoms with Crippen molar-refractivity contribution in [3.8, 4) is 5.75 Å². The van der Waals surface area contributed by atoms with Gasteiger partial charge in [0, 0.05) is 25.2 Å². The number of rotatable bonds is 2. The van der Waals surface area contributed by atoms with E-state index >= 15 is 0 Å². The lowest BCUT2D eigenvalue weighted by atomic mass is 9.90. The second-order valence-electron chi connectivity index (χ2n) is 9.31. The second kappa shape index (κ2) is 10.9. The van der Waals surface area contributed by atoms with E-state index < -0.39 is 0 Å². The topological polar surface area (TPSA) is 49.9 Å². The first-order valence-electron chi connectivity index (χ1n) is 12.5. The van der Waals surface area contributed by atoms with Crippen molar-refractivity contribution in [2.24, 2.45) is 0 Å². The molecule has 5 nitrogen and oxygen atoms in total. The number of hydrogen-bond donors (Lipinski definition) is 0. The van der Waals surface area contributed by atoms with Crippen molar-refractivity contribution in [3.05, 3.63) is 65.2 Å². The molecule has 0 aromatic heterocycles. The van der Waals surface area contributed by atoms with E-state index in [1.807, 2.05) is 67.3 Å². The van der Waals surface area contributed by atoms with Gasteiger partial charge in [-0.05, 0) is 76.6 Å². The number of carbonyl (C=O) groups excluding carboxylic acids is 2. The van der Waals surface area contributed by atoms with E-state index in [2.05, 4.69) is 4.90 Å². The summed E-state index contributed by atoms with van der Waals surface area (Å²) in [5.41, 5.74) is 2.51. The van der Waals surface area contributed by atoms with E-state index in [0.29, 0.717) is 17.9 Å². The summed E-state index contributed by atoms with van der Waals surface area (Å²) < 4.78 is 6.57. The molecule has 4 rings (SSSR count). The normalized spacial score (nSPS) is 22.2. The Balaban J connectivity index is 1.68. The molecular weight excluding hydrogens is 412 g/mol. The first-order valence-corrected chi connectivity index (χ1v) is 12.5. The minimum absolute atomic E-state index is 0.0127. The van der Waals surface area contributed by atoms with Crippen molar-refractivity contribution in [2.45, 2.75) is 70.9 Å². The van der Waals surface area contributed by atoms with E-state index in [0.717, 1.165) is 69.2 Å². The number of amides is 2. The molecular formula is C28H36N2O3. The van der Waals surface area contributed by atoms with E-state index in [4.69, 9.17) is 4.74 Å². The van der Waals surface area contributed by atoms with Crippen LogP contribution in [0.5, 0.6) is 5.75 Å². The summed E-state index contributed by atoms with van der Waals surface area (Å²) in [6.07, 6.45) is 6.72. The van der Waals surface area contributed by atoms with Crippen LogP contribution in [0.2, 0.25) is 0 Å². The summed E-state index contributed by atoms with van der Waals surface area (Å²) in [5, 5.41) is 0. The van der Waals surface area contributed by atoms with Crippen LogP contribution < -0.4 is 4.74 Å². The number of ether oxygens (including phenoxy) is 1. The van der Waals surface area contributed by atoms with Crippen LogP contribution in [0.4, 0.5) is 0 Å². The lowest BCUT2D eigenvalue weighted by molar-refractivity contribution is 0.0273. The van der Waals surface area contributed by atoms with Crippen molar-refractivity contribution in [2.75, 3.05) is 19.6 Å². The number of aryl methyl sites for hydroxylation is 1. The maximum atomic E-state index is 13.7. The van der Waals surface area contributed by atoms with Crippen LogP contribution in [-0.2, 0) is 0 Å². The highest BCUT2D eigenvalue weighted by atomic mass is 16.5. The van der Waals surface area contributed by atoms with Gasteiger partial charge in [-0.15, -0.1) is 0 Å². The Hall–Kier alpha value is -2.82. The third-order valence-corrected chi connectivity index (χ3v) is 7.02. The van der Waals surface area contributed by atoms with E-state index in [1.54, 1.807) is 0 Å². The highest BCUT2D eigenvalue weighted by Crippen LogP contribution is 2.31. The number of carbonyl (C=O) groups is 2. The van der Waals surface area contributed by atoms with Crippen molar-refractivity contribution >= 4 is 11.8 Å². The lowest BCUT2D eigenvalue weighted by Crippen LogP contribution is -2.51. The summed E-state index contributed by atoms with van der Waals surface area (Å²) in [6.45, 7) is 6.19. The van der Waals surface area contributed by atoms with Crippen molar-refractivity contribution < 1.29 is 14.3 Å². The molecule has 0 spiro atoms. The molecule has 1 saturated carbocycles. The summed E-state index contributed by atoms with van der Waals surface area (Å²) in [5.74, 6) is 0.761. The molecule has 2 aromatic carbocycles. The minimum Gasteiger partial charge on any atom is -0.487 e. The van der Waals surface area contributed by atoms with Gasteiger partial charge in [0.2, 0.25) is 0 Å². The predicted molar refractivity (Wildman–Crippen MR) is 131 cm³/mol. The van der Waals surface area contributed by atoms with Crippen LogP contribution in [0.25, 0.3) is 0 Å². The molecule has 33 heavy (non-hydrogen) atoms. The van der Waals surface area contributed by atoms with Crippen LogP contribution in [0, 0.1) is 6.92 Å². The third-order valence-electron chi connectivity index (χ3n) is 7.02. The Morgan fingerprint density at radius 1 is 0.939 bits per heavy atom. The van der Waals surface area contributed by atoms with Crippen LogP contribution in [0.1, 0.15) is 78.1 Å². The van der Waals surface area contributed by atoms with Gasteiger partial charge in [0.1, 0.15) is 11.9 Å². The first kappa shape index (κ1) is 23.3. The molecule has 2 aromatic rings. The van der Waals surface area contributed by atoms with Crippen molar-refractivity contribution in [1.29, 1.82) is 0 Å². The largest absolute Gasteiger partial charge is 0.487 e. The van der Waals surface area contributed by atoms with Crippen LogP contribution in [0.3, 0.4) is 0 Å². The molecule has 5 heteroatoms. The van der Waals surface area contributed by atoms with E-state index in [9.17, 15) is 9.59 Å². The number of nitrogens with zero attached hydrogens (tertiary/aromatic N) is 2. The number of fused-ring (bicyclic) bond motifs is 2. The van der Waals surface area contributed by atoms with Crippen molar-refractivity contribution in [1.82, 2.24) is 9.80 Å². The zero-order valence-corrected chi connectivity index (χ0v) is 20.0. The molecule has 0 bridgehead atoms. The fourth-order valence-electron chi connectivity index (χ4n) is 5.10. The van der Waals surface area contributed by atoms with Crippen molar-refractivity contribution in [3.63, 3.8) is 0 Å². The van der Waals surface area contributed by atoms with Crippen LogP contribution >= 0.6 is 0 Å². The summed E-state index contributed by atoms with van der Waals surface area (Å²) >= 11 is 0. The average Bonchev–Trinajstić information content (AvgIpc) is 2.85. The molecule has 0 saturated heterocycles. The highest BCUT2D eigenvalue weighted by molar-refractivity contribution is 5.97. The van der Waals surface area contributed by atoms with Gasteiger partial charge >= 0.3 is 0 Å². The first-order chi connectivity index (χ1) is 16.1. The summed E-state index contributed by atoms with van der Waals surface area (Å²) in [6, 6.07) is 15.5. The predicted octanol–water partition coefficient (Wildman–Crippen LogP) is 5.47. The molecule has 2 aliphatic rings. The van der Waals surface area contributed by atoms with Gasteiger partial charge in [0.05, 0.1) is 11.6 Å². The third kappa shape index (κ3) is 5.40. The number of para-hydroxylation sites is 1. The van der Waals surface area contributed by atoms with Crippen LogP contribution in [-0.4, -0.2) is 53.4 Å². The Labute approximate surface area is 197 Å². The molecule has 2 atom stereocenters. The minimum atomic E-state index is -0.113. The number of benzene rings is 2. The molecule has 1 aliphatic heterocycles. The van der Waals surface area contributed by atoms with Crippen LogP contribution in [0.15, 0.2) is 48.5 Å². The Morgan fingerprint density at radius 3 is 2.45 bits per heavy atom. The van der Waals surface area contributed by atoms with Gasteiger partial charge in [0.25, 0.3) is 11.8 Å².